The second-order valence-electron chi connectivity index (χ2n) is 3.91. The molecule has 0 aliphatic carbocycles. The van der Waals surface area contributed by atoms with E-state index in [0.717, 1.165) is 6.54 Å². The molecule has 0 amide bonds. The van der Waals surface area contributed by atoms with E-state index in [0.29, 0.717) is 0 Å². The second kappa shape index (κ2) is 4.87. The number of nitrogens with zero attached hydrogens (tertiary/aromatic N) is 1. The summed E-state index contributed by atoms with van der Waals surface area (Å²) in [4.78, 5) is 0. The zero-order valence-corrected chi connectivity index (χ0v) is 9.24. The van der Waals surface area contributed by atoms with Crippen LogP contribution < -0.4 is 10.4 Å². The van der Waals surface area contributed by atoms with Gasteiger partial charge in [-0.25, -0.2) is 0 Å². The minimum atomic E-state index is 0.953. The summed E-state index contributed by atoms with van der Waals surface area (Å²) >= 11 is 0. The fraction of sp³-hybridized carbons (Fsp3) is 0.385. The van der Waals surface area contributed by atoms with Gasteiger partial charge in [0.05, 0.1) is 12.2 Å². The van der Waals surface area contributed by atoms with Crippen LogP contribution in [-0.4, -0.2) is 6.54 Å². The number of aryl methyl sites for hydroxylation is 1. The molecule has 1 aliphatic heterocycles. The first-order valence-electron chi connectivity index (χ1n) is 5.68. The average molecular weight is 202 g/mol. The van der Waals surface area contributed by atoms with Crippen LogP contribution in [0.3, 0.4) is 0 Å². The Kier molecular flexibility index (Phi) is 3.28. The smallest absolute Gasteiger partial charge is 0.0592 e. The molecule has 0 saturated carbocycles. The lowest BCUT2D eigenvalue weighted by atomic mass is 10.1. The zero-order valence-electron chi connectivity index (χ0n) is 9.24. The number of rotatable bonds is 4. The van der Waals surface area contributed by atoms with Crippen LogP contribution in [0.4, 0.5) is 5.69 Å². The number of nitrogens with one attached hydrogen (secondary N) is 1. The molecule has 2 rings (SSSR count). The predicted molar refractivity (Wildman–Crippen MR) is 64.7 cm³/mol. The largest absolute Gasteiger partial charge is 0.306 e. The zero-order chi connectivity index (χ0) is 10.5. The molecule has 0 aromatic heterocycles. The van der Waals surface area contributed by atoms with E-state index in [1.807, 2.05) is 6.20 Å². The van der Waals surface area contributed by atoms with Gasteiger partial charge in [0, 0.05) is 6.20 Å². The Morgan fingerprint density at radius 3 is 2.67 bits per heavy atom. The Morgan fingerprint density at radius 2 is 2.07 bits per heavy atom. The molecule has 1 aromatic carbocycles. The van der Waals surface area contributed by atoms with Crippen molar-refractivity contribution in [3.05, 3.63) is 42.1 Å². The lowest BCUT2D eigenvalue weighted by Crippen LogP contribution is -2.29. The summed E-state index contributed by atoms with van der Waals surface area (Å²) in [5.41, 5.74) is 5.86. The van der Waals surface area contributed by atoms with Gasteiger partial charge in [0.1, 0.15) is 0 Å². The van der Waals surface area contributed by atoms with Gasteiger partial charge in [-0.05, 0) is 36.6 Å². The van der Waals surface area contributed by atoms with Gasteiger partial charge in [-0.3, -0.25) is 5.01 Å². The molecule has 15 heavy (non-hydrogen) atoms. The van der Waals surface area contributed by atoms with E-state index in [1.165, 1.54) is 30.5 Å². The van der Waals surface area contributed by atoms with Crippen molar-refractivity contribution in [3.63, 3.8) is 0 Å². The molecule has 2 heteroatoms. The molecule has 2 nitrogen and oxygen atoms in total. The van der Waals surface area contributed by atoms with E-state index in [9.17, 15) is 0 Å². The van der Waals surface area contributed by atoms with Gasteiger partial charge in [0.15, 0.2) is 0 Å². The highest BCUT2D eigenvalue weighted by Crippen LogP contribution is 2.16. The van der Waals surface area contributed by atoms with Crippen LogP contribution in [0.25, 0.3) is 0 Å². The van der Waals surface area contributed by atoms with Crippen LogP contribution in [0.15, 0.2) is 36.5 Å². The third-order valence-electron chi connectivity index (χ3n) is 2.70. The maximum atomic E-state index is 3.19. The van der Waals surface area contributed by atoms with E-state index in [1.54, 1.807) is 0 Å². The summed E-state index contributed by atoms with van der Waals surface area (Å²) in [6.07, 6.45) is 7.83. The van der Waals surface area contributed by atoms with Gasteiger partial charge < -0.3 is 5.43 Å². The van der Waals surface area contributed by atoms with Gasteiger partial charge in [-0.2, -0.15) is 0 Å². The molecule has 0 unspecified atom stereocenters. The van der Waals surface area contributed by atoms with E-state index in [-0.39, 0.29) is 0 Å². The minimum absolute atomic E-state index is 0.953. The predicted octanol–water partition coefficient (Wildman–Crippen LogP) is 2.87. The summed E-state index contributed by atoms with van der Waals surface area (Å²) < 4.78 is 0. The number of hydrogen-bond acceptors (Lipinski definition) is 2. The van der Waals surface area contributed by atoms with E-state index >= 15 is 0 Å². The summed E-state index contributed by atoms with van der Waals surface area (Å²) in [6, 6.07) is 8.83. The van der Waals surface area contributed by atoms with E-state index < -0.39 is 0 Å². The molecule has 0 spiro atoms. The van der Waals surface area contributed by atoms with Crippen LogP contribution in [0, 0.1) is 0 Å². The Morgan fingerprint density at radius 1 is 1.27 bits per heavy atom. The summed E-state index contributed by atoms with van der Waals surface area (Å²) in [7, 11) is 0. The fourth-order valence-electron chi connectivity index (χ4n) is 1.76. The van der Waals surface area contributed by atoms with Crippen LogP contribution in [0.1, 0.15) is 25.3 Å². The molecular weight excluding hydrogens is 184 g/mol. The van der Waals surface area contributed by atoms with Gasteiger partial charge >= 0.3 is 0 Å². The third-order valence-corrected chi connectivity index (χ3v) is 2.70. The van der Waals surface area contributed by atoms with Crippen LogP contribution >= 0.6 is 0 Å². The lowest BCUT2D eigenvalue weighted by molar-refractivity contribution is 0.793. The molecule has 1 aliphatic rings. The Bertz CT molecular complexity index is 319. The number of unbranched alkanes of at least 4 members (excludes halogenated alkanes) is 1. The monoisotopic (exact) mass is 202 g/mol. The quantitative estimate of drug-likeness (QED) is 0.807. The van der Waals surface area contributed by atoms with Gasteiger partial charge in [0.2, 0.25) is 0 Å². The standard InChI is InChI=1S/C13H18N2/c1-2-3-5-12-6-8-13(9-7-12)15-11-4-10-14-15/h4,6-10,14H,2-3,5,11H2,1H3. The molecule has 0 saturated heterocycles. The van der Waals surface area contributed by atoms with Crippen molar-refractivity contribution in [3.8, 4) is 0 Å². The molecule has 1 heterocycles. The topological polar surface area (TPSA) is 15.3 Å². The third kappa shape index (κ3) is 2.52. The van der Waals surface area contributed by atoms with Crippen molar-refractivity contribution < 1.29 is 0 Å². The summed E-state index contributed by atoms with van der Waals surface area (Å²) in [6.45, 7) is 3.18. The highest BCUT2D eigenvalue weighted by Gasteiger charge is 2.05. The molecular formula is C13H18N2. The van der Waals surface area contributed by atoms with Gasteiger partial charge in [-0.1, -0.05) is 25.5 Å². The molecule has 0 atom stereocenters. The van der Waals surface area contributed by atoms with Crippen molar-refractivity contribution in [1.82, 2.24) is 5.43 Å². The van der Waals surface area contributed by atoms with Crippen LogP contribution in [0.2, 0.25) is 0 Å². The summed E-state index contributed by atoms with van der Waals surface area (Å²) in [5.74, 6) is 0. The molecule has 80 valence electrons. The molecule has 0 radical (unpaired) electrons. The summed E-state index contributed by atoms with van der Waals surface area (Å²) in [5, 5.41) is 2.13. The van der Waals surface area contributed by atoms with Crippen molar-refractivity contribution in [1.29, 1.82) is 0 Å². The van der Waals surface area contributed by atoms with Crippen molar-refractivity contribution >= 4 is 5.69 Å². The highest BCUT2D eigenvalue weighted by molar-refractivity contribution is 5.48. The molecule has 1 aromatic rings. The van der Waals surface area contributed by atoms with Crippen molar-refractivity contribution in [2.45, 2.75) is 26.2 Å². The Balaban J connectivity index is 1.97. The number of anilines is 1. The van der Waals surface area contributed by atoms with E-state index in [4.69, 9.17) is 0 Å². The van der Waals surface area contributed by atoms with Gasteiger partial charge in [-0.15, -0.1) is 0 Å². The molecule has 1 N–H and O–H groups in total. The maximum absolute atomic E-state index is 3.19. The number of benzene rings is 1. The normalized spacial score (nSPS) is 14.3. The number of hydrogen-bond donors (Lipinski definition) is 1. The van der Waals surface area contributed by atoms with Crippen molar-refractivity contribution in [2.24, 2.45) is 0 Å². The van der Waals surface area contributed by atoms with Gasteiger partial charge in [0.25, 0.3) is 0 Å². The first kappa shape index (κ1) is 10.1. The van der Waals surface area contributed by atoms with Crippen LogP contribution in [-0.2, 0) is 6.42 Å². The fourth-order valence-corrected chi connectivity index (χ4v) is 1.76. The Labute approximate surface area is 91.6 Å². The lowest BCUT2D eigenvalue weighted by Gasteiger charge is -2.18. The van der Waals surface area contributed by atoms with Crippen LogP contribution in [0.5, 0.6) is 0 Å². The van der Waals surface area contributed by atoms with Crippen molar-refractivity contribution in [2.75, 3.05) is 11.6 Å². The molecule has 0 fully saturated rings. The minimum Gasteiger partial charge on any atom is -0.306 e. The second-order valence-corrected chi connectivity index (χ2v) is 3.91. The first-order chi connectivity index (χ1) is 7.40. The highest BCUT2D eigenvalue weighted by atomic mass is 15.5. The first-order valence-corrected chi connectivity index (χ1v) is 5.68. The van der Waals surface area contributed by atoms with E-state index in [2.05, 4.69) is 47.7 Å². The average Bonchev–Trinajstić information content (AvgIpc) is 2.80. The number of hydrazine groups is 1. The Hall–Kier alpha value is -1.44. The molecule has 0 bridgehead atoms. The SMILES string of the molecule is CCCCc1ccc(N2CC=CN2)cc1. The maximum Gasteiger partial charge on any atom is 0.0592 e.